The number of amides is 2. The first kappa shape index (κ1) is 26.2. The number of carbonyl (C=O) groups is 2. The number of aryl methyl sites for hydroxylation is 4. The summed E-state index contributed by atoms with van der Waals surface area (Å²) in [5, 5.41) is 7.34. The number of benzene rings is 2. The molecule has 0 unspecified atom stereocenters. The highest BCUT2D eigenvalue weighted by molar-refractivity contribution is 6.31. The lowest BCUT2D eigenvalue weighted by atomic mass is 9.90. The van der Waals surface area contributed by atoms with E-state index in [1.165, 1.54) is 0 Å². The van der Waals surface area contributed by atoms with Crippen molar-refractivity contribution in [3.63, 3.8) is 0 Å². The van der Waals surface area contributed by atoms with Crippen LogP contribution in [0.5, 0.6) is 11.5 Å². The quantitative estimate of drug-likeness (QED) is 0.513. The zero-order valence-corrected chi connectivity index (χ0v) is 21.6. The largest absolute Gasteiger partial charge is 0.483 e. The third-order valence-electron chi connectivity index (χ3n) is 6.00. The van der Waals surface area contributed by atoms with Crippen LogP contribution in [0.3, 0.4) is 0 Å². The molecular weight excluding hydrogens is 475 g/mol. The van der Waals surface area contributed by atoms with E-state index in [0.29, 0.717) is 21.5 Å². The van der Waals surface area contributed by atoms with E-state index in [4.69, 9.17) is 32.7 Å². The molecule has 1 aliphatic rings. The predicted octanol–water partition coefficient (Wildman–Crippen LogP) is 5.23. The van der Waals surface area contributed by atoms with Crippen LogP contribution in [0.1, 0.15) is 47.9 Å². The summed E-state index contributed by atoms with van der Waals surface area (Å²) in [5.74, 6) is 0.892. The van der Waals surface area contributed by atoms with Gasteiger partial charge in [-0.25, -0.2) is 0 Å². The van der Waals surface area contributed by atoms with Crippen molar-refractivity contribution < 1.29 is 19.1 Å². The van der Waals surface area contributed by atoms with E-state index in [2.05, 4.69) is 10.6 Å². The highest BCUT2D eigenvalue weighted by Crippen LogP contribution is 2.28. The van der Waals surface area contributed by atoms with Gasteiger partial charge in [0.15, 0.2) is 13.2 Å². The fraction of sp³-hybridized carbons (Fsp3) is 0.462. The molecule has 1 fully saturated rings. The van der Waals surface area contributed by atoms with Gasteiger partial charge in [-0.1, -0.05) is 36.0 Å². The van der Waals surface area contributed by atoms with Crippen LogP contribution >= 0.6 is 23.2 Å². The van der Waals surface area contributed by atoms with Gasteiger partial charge in [0.2, 0.25) is 0 Å². The van der Waals surface area contributed by atoms with E-state index in [9.17, 15) is 9.59 Å². The molecule has 6 nitrogen and oxygen atoms in total. The summed E-state index contributed by atoms with van der Waals surface area (Å²) in [6.07, 6.45) is 3.58. The highest BCUT2D eigenvalue weighted by Gasteiger charge is 2.28. The molecule has 2 aromatic carbocycles. The van der Waals surface area contributed by atoms with Crippen LogP contribution in [0, 0.1) is 27.7 Å². The summed E-state index contributed by atoms with van der Waals surface area (Å²) in [6, 6.07) is 6.93. The first-order valence-electron chi connectivity index (χ1n) is 11.5. The number of halogens is 2. The molecule has 3 rings (SSSR count). The Bertz CT molecular complexity index is 928. The van der Waals surface area contributed by atoms with Gasteiger partial charge in [-0.15, -0.1) is 0 Å². The van der Waals surface area contributed by atoms with Crippen molar-refractivity contribution in [2.45, 2.75) is 65.5 Å². The number of hydrogen-bond acceptors (Lipinski definition) is 4. The van der Waals surface area contributed by atoms with Gasteiger partial charge in [0.1, 0.15) is 11.5 Å². The Morgan fingerprint density at radius 3 is 1.38 bits per heavy atom. The maximum absolute atomic E-state index is 12.6. The fourth-order valence-electron chi connectivity index (χ4n) is 4.50. The molecule has 1 saturated carbocycles. The molecule has 0 spiro atoms. The molecule has 0 heterocycles. The van der Waals surface area contributed by atoms with Gasteiger partial charge in [-0.3, -0.25) is 9.59 Å². The van der Waals surface area contributed by atoms with Gasteiger partial charge in [-0.05, 0) is 87.1 Å². The summed E-state index contributed by atoms with van der Waals surface area (Å²) >= 11 is 12.1. The number of hydrogen-bond donors (Lipinski definition) is 2. The van der Waals surface area contributed by atoms with Crippen LogP contribution in [-0.4, -0.2) is 37.1 Å². The summed E-state index contributed by atoms with van der Waals surface area (Å²) < 4.78 is 11.5. The number of rotatable bonds is 8. The lowest BCUT2D eigenvalue weighted by Crippen LogP contribution is -2.54. The van der Waals surface area contributed by atoms with E-state index in [1.54, 1.807) is 0 Å². The number of carbonyl (C=O) groups excluding carboxylic acids is 2. The SMILES string of the molecule is Cc1cc(Cl)cc(C)c1OCC(=O)N[C@H]1CCCC[C@@H]1NC(=O)COc1c(C)cc(Cl)cc1C. The highest BCUT2D eigenvalue weighted by atomic mass is 35.5. The Balaban J connectivity index is 1.53. The van der Waals surface area contributed by atoms with Crippen molar-refractivity contribution in [3.8, 4) is 11.5 Å². The Labute approximate surface area is 211 Å². The summed E-state index contributed by atoms with van der Waals surface area (Å²) in [5.41, 5.74) is 3.53. The zero-order chi connectivity index (χ0) is 24.8. The molecule has 0 bridgehead atoms. The second-order valence-electron chi connectivity index (χ2n) is 8.95. The van der Waals surface area contributed by atoms with E-state index in [0.717, 1.165) is 47.9 Å². The minimum absolute atomic E-state index is 0.0985. The van der Waals surface area contributed by atoms with Gasteiger partial charge >= 0.3 is 0 Å². The zero-order valence-electron chi connectivity index (χ0n) is 20.1. The van der Waals surface area contributed by atoms with Crippen LogP contribution < -0.4 is 20.1 Å². The molecule has 2 aromatic rings. The minimum Gasteiger partial charge on any atom is -0.483 e. The monoisotopic (exact) mass is 506 g/mol. The molecule has 2 N–H and O–H groups in total. The summed E-state index contributed by atoms with van der Waals surface area (Å²) in [6.45, 7) is 7.39. The van der Waals surface area contributed by atoms with Gasteiger partial charge in [0.05, 0.1) is 0 Å². The van der Waals surface area contributed by atoms with Crippen molar-refractivity contribution in [2.75, 3.05) is 13.2 Å². The average molecular weight is 507 g/mol. The molecule has 2 atom stereocenters. The Morgan fingerprint density at radius 1 is 0.735 bits per heavy atom. The average Bonchev–Trinajstić information content (AvgIpc) is 2.73. The molecule has 184 valence electrons. The van der Waals surface area contributed by atoms with Gasteiger partial charge in [0.25, 0.3) is 11.8 Å². The molecule has 8 heteroatoms. The first-order valence-corrected chi connectivity index (χ1v) is 12.3. The Hall–Kier alpha value is -2.44. The minimum atomic E-state index is -0.219. The van der Waals surface area contributed by atoms with Crippen molar-refractivity contribution >= 4 is 35.0 Å². The van der Waals surface area contributed by atoms with E-state index in [-0.39, 0.29) is 37.1 Å². The van der Waals surface area contributed by atoms with E-state index in [1.807, 2.05) is 52.0 Å². The van der Waals surface area contributed by atoms with E-state index < -0.39 is 0 Å². The Morgan fingerprint density at radius 2 is 1.06 bits per heavy atom. The fourth-order valence-corrected chi connectivity index (χ4v) is 5.15. The molecule has 2 amide bonds. The topological polar surface area (TPSA) is 76.7 Å². The smallest absolute Gasteiger partial charge is 0.258 e. The summed E-state index contributed by atoms with van der Waals surface area (Å²) in [4.78, 5) is 25.2. The number of nitrogens with one attached hydrogen (secondary N) is 2. The molecule has 0 aromatic heterocycles. The second kappa shape index (κ2) is 11.8. The van der Waals surface area contributed by atoms with Gasteiger partial charge < -0.3 is 20.1 Å². The Kier molecular flexibility index (Phi) is 9.09. The van der Waals surface area contributed by atoms with Gasteiger partial charge in [-0.2, -0.15) is 0 Å². The third kappa shape index (κ3) is 7.03. The maximum Gasteiger partial charge on any atom is 0.258 e. The van der Waals surface area contributed by atoms with Crippen LogP contribution in [-0.2, 0) is 9.59 Å². The summed E-state index contributed by atoms with van der Waals surface area (Å²) in [7, 11) is 0. The lowest BCUT2D eigenvalue weighted by Gasteiger charge is -2.32. The molecule has 0 radical (unpaired) electrons. The van der Waals surface area contributed by atoms with Crippen LogP contribution in [0.4, 0.5) is 0 Å². The third-order valence-corrected chi connectivity index (χ3v) is 6.44. The molecular formula is C26H32Cl2N2O4. The van der Waals surface area contributed by atoms with Crippen LogP contribution in [0.25, 0.3) is 0 Å². The van der Waals surface area contributed by atoms with Crippen LogP contribution in [0.15, 0.2) is 24.3 Å². The van der Waals surface area contributed by atoms with Crippen molar-refractivity contribution in [3.05, 3.63) is 56.6 Å². The number of ether oxygens (including phenoxy) is 2. The molecule has 1 aliphatic carbocycles. The van der Waals surface area contributed by atoms with E-state index >= 15 is 0 Å². The predicted molar refractivity (Wildman–Crippen MR) is 135 cm³/mol. The van der Waals surface area contributed by atoms with Crippen LogP contribution in [0.2, 0.25) is 10.0 Å². The molecule has 0 saturated heterocycles. The van der Waals surface area contributed by atoms with Crippen molar-refractivity contribution in [1.29, 1.82) is 0 Å². The standard InChI is InChI=1S/C26H32Cl2N2O4/c1-15-9-19(27)10-16(2)25(15)33-13-23(31)29-21-7-5-6-8-22(21)30-24(32)14-34-26-17(3)11-20(28)12-18(26)4/h9-12,21-22H,5-8,13-14H2,1-4H3,(H,29,31)(H,30,32)/t21-,22-/m0/s1. The second-order valence-corrected chi connectivity index (χ2v) is 9.82. The normalized spacial score (nSPS) is 17.7. The lowest BCUT2D eigenvalue weighted by molar-refractivity contribution is -0.127. The van der Waals surface area contributed by atoms with Crippen molar-refractivity contribution in [1.82, 2.24) is 10.6 Å². The molecule has 0 aliphatic heterocycles. The first-order chi connectivity index (χ1) is 16.1. The van der Waals surface area contributed by atoms with Gasteiger partial charge in [0, 0.05) is 22.1 Å². The van der Waals surface area contributed by atoms with Crippen molar-refractivity contribution in [2.24, 2.45) is 0 Å². The maximum atomic E-state index is 12.6. The molecule has 34 heavy (non-hydrogen) atoms.